The maximum Gasteiger partial charge on any atom is 0.260 e. The summed E-state index contributed by atoms with van der Waals surface area (Å²) in [6.07, 6.45) is 2.53. The number of imide groups is 1. The molecule has 0 bridgehead atoms. The fourth-order valence-electron chi connectivity index (χ4n) is 1.23. The van der Waals surface area contributed by atoms with Crippen molar-refractivity contribution < 1.29 is 9.59 Å². The zero-order valence-corrected chi connectivity index (χ0v) is 9.25. The first-order valence-electron chi connectivity index (χ1n) is 4.61. The van der Waals surface area contributed by atoms with Crippen LogP contribution >= 0.6 is 11.3 Å². The largest absolute Gasteiger partial charge is 0.269 e. The Morgan fingerprint density at radius 1 is 1.27 bits per heavy atom. The lowest BCUT2D eigenvalue weighted by Crippen LogP contribution is -2.29. The summed E-state index contributed by atoms with van der Waals surface area (Å²) >= 11 is 1.32. The highest BCUT2D eigenvalue weighted by Gasteiger charge is 2.27. The molecule has 0 radical (unpaired) electrons. The van der Waals surface area contributed by atoms with Gasteiger partial charge in [0.15, 0.2) is 5.13 Å². The van der Waals surface area contributed by atoms with Gasteiger partial charge in [0.25, 0.3) is 11.8 Å². The Morgan fingerprint density at radius 2 is 1.87 bits per heavy atom. The van der Waals surface area contributed by atoms with Gasteiger partial charge >= 0.3 is 0 Å². The van der Waals surface area contributed by atoms with Gasteiger partial charge in [-0.2, -0.15) is 0 Å². The summed E-state index contributed by atoms with van der Waals surface area (Å²) in [5.74, 6) is -0.329. The molecule has 15 heavy (non-hydrogen) atoms. The van der Waals surface area contributed by atoms with Crippen LogP contribution in [0, 0.1) is 0 Å². The van der Waals surface area contributed by atoms with Crippen LogP contribution in [0.15, 0.2) is 17.5 Å². The first-order valence-corrected chi connectivity index (χ1v) is 5.49. The van der Waals surface area contributed by atoms with Gasteiger partial charge in [-0.25, -0.2) is 9.88 Å². The molecule has 4 nitrogen and oxygen atoms in total. The van der Waals surface area contributed by atoms with E-state index in [1.165, 1.54) is 23.5 Å². The molecule has 78 valence electrons. The standard InChI is InChI=1S/C10H10N2O2S/c1-6(2)7-5-15-10(11-7)12-8(13)3-4-9(12)14/h3-6H,1-2H3. The van der Waals surface area contributed by atoms with Gasteiger partial charge in [-0.3, -0.25) is 9.59 Å². The average Bonchev–Trinajstić information content (AvgIpc) is 2.73. The molecule has 0 saturated carbocycles. The van der Waals surface area contributed by atoms with Crippen LogP contribution in [0.25, 0.3) is 0 Å². The Hall–Kier alpha value is -1.49. The Balaban J connectivity index is 2.30. The molecule has 2 rings (SSSR count). The quantitative estimate of drug-likeness (QED) is 0.715. The van der Waals surface area contributed by atoms with Gasteiger partial charge in [0.05, 0.1) is 5.69 Å². The number of carbonyl (C=O) groups is 2. The molecule has 0 fully saturated rings. The van der Waals surface area contributed by atoms with Crippen LogP contribution in [0.4, 0.5) is 5.13 Å². The Labute approximate surface area is 91.2 Å². The molecule has 1 aliphatic rings. The maximum atomic E-state index is 11.3. The van der Waals surface area contributed by atoms with E-state index in [0.29, 0.717) is 11.0 Å². The van der Waals surface area contributed by atoms with E-state index in [-0.39, 0.29) is 11.8 Å². The van der Waals surface area contributed by atoms with Crippen LogP contribution in [-0.4, -0.2) is 16.8 Å². The van der Waals surface area contributed by atoms with Crippen LogP contribution < -0.4 is 4.90 Å². The fraction of sp³-hybridized carbons (Fsp3) is 0.300. The number of nitrogens with zero attached hydrogens (tertiary/aromatic N) is 2. The molecule has 0 aromatic carbocycles. The van der Waals surface area contributed by atoms with E-state index in [0.717, 1.165) is 10.6 Å². The summed E-state index contributed by atoms with van der Waals surface area (Å²) in [5, 5.41) is 2.33. The topological polar surface area (TPSA) is 50.3 Å². The van der Waals surface area contributed by atoms with Crippen LogP contribution in [0.1, 0.15) is 25.5 Å². The van der Waals surface area contributed by atoms with E-state index in [1.807, 2.05) is 19.2 Å². The van der Waals surface area contributed by atoms with E-state index in [2.05, 4.69) is 4.98 Å². The number of thiazole rings is 1. The Bertz CT molecular complexity index is 430. The highest BCUT2D eigenvalue weighted by molar-refractivity contribution is 7.14. The zero-order valence-electron chi connectivity index (χ0n) is 8.43. The van der Waals surface area contributed by atoms with Gasteiger partial charge in [-0.05, 0) is 5.92 Å². The third-order valence-electron chi connectivity index (χ3n) is 2.10. The Morgan fingerprint density at radius 3 is 2.33 bits per heavy atom. The van der Waals surface area contributed by atoms with Crippen LogP contribution in [0.5, 0.6) is 0 Å². The summed E-state index contributed by atoms with van der Waals surface area (Å²) in [7, 11) is 0. The molecular formula is C10H10N2O2S. The van der Waals surface area contributed by atoms with Gasteiger partial charge in [0.2, 0.25) is 0 Å². The summed E-state index contributed by atoms with van der Waals surface area (Å²) in [6.45, 7) is 4.04. The number of rotatable bonds is 2. The van der Waals surface area contributed by atoms with Crippen molar-refractivity contribution in [3.63, 3.8) is 0 Å². The normalized spacial score (nSPS) is 15.8. The molecule has 0 N–H and O–H groups in total. The van der Waals surface area contributed by atoms with E-state index in [9.17, 15) is 9.59 Å². The van der Waals surface area contributed by atoms with Crippen molar-refractivity contribution in [2.75, 3.05) is 4.90 Å². The van der Waals surface area contributed by atoms with Crippen molar-refractivity contribution in [1.29, 1.82) is 0 Å². The molecule has 0 spiro atoms. The molecule has 0 unspecified atom stereocenters. The molecule has 5 heteroatoms. The van der Waals surface area contributed by atoms with Gasteiger partial charge in [0, 0.05) is 17.5 Å². The third kappa shape index (κ3) is 1.70. The molecule has 2 heterocycles. The summed E-state index contributed by atoms with van der Waals surface area (Å²) in [6, 6.07) is 0. The number of hydrogen-bond acceptors (Lipinski definition) is 4. The maximum absolute atomic E-state index is 11.3. The second-order valence-corrected chi connectivity index (χ2v) is 4.39. The number of hydrogen-bond donors (Lipinski definition) is 0. The molecule has 1 aliphatic heterocycles. The molecular weight excluding hydrogens is 212 g/mol. The first-order chi connectivity index (χ1) is 7.09. The summed E-state index contributed by atoms with van der Waals surface area (Å²) in [4.78, 5) is 28.0. The van der Waals surface area contributed by atoms with Crippen molar-refractivity contribution in [2.45, 2.75) is 19.8 Å². The van der Waals surface area contributed by atoms with Gasteiger partial charge in [0.1, 0.15) is 0 Å². The minimum Gasteiger partial charge on any atom is -0.269 e. The highest BCUT2D eigenvalue weighted by atomic mass is 32.1. The summed E-state index contributed by atoms with van der Waals surface area (Å²) < 4.78 is 0. The first kappa shape index (κ1) is 10.0. The van der Waals surface area contributed by atoms with Crippen molar-refractivity contribution in [1.82, 2.24) is 4.98 Å². The van der Waals surface area contributed by atoms with Crippen LogP contribution in [-0.2, 0) is 9.59 Å². The minimum atomic E-state index is -0.315. The zero-order chi connectivity index (χ0) is 11.0. The molecule has 1 aromatic rings. The van der Waals surface area contributed by atoms with Gasteiger partial charge < -0.3 is 0 Å². The lowest BCUT2D eigenvalue weighted by molar-refractivity contribution is -0.119. The molecule has 0 aliphatic carbocycles. The molecule has 2 amide bonds. The SMILES string of the molecule is CC(C)c1csc(N2C(=O)C=CC2=O)n1. The summed E-state index contributed by atoms with van der Waals surface area (Å²) in [5.41, 5.74) is 0.905. The second-order valence-electron chi connectivity index (χ2n) is 3.55. The van der Waals surface area contributed by atoms with E-state index < -0.39 is 0 Å². The number of aromatic nitrogens is 1. The monoisotopic (exact) mass is 222 g/mol. The predicted molar refractivity (Wildman–Crippen MR) is 57.8 cm³/mol. The number of anilines is 1. The second kappa shape index (κ2) is 3.58. The van der Waals surface area contributed by atoms with Gasteiger partial charge in [-0.15, -0.1) is 11.3 Å². The molecule has 1 aromatic heterocycles. The van der Waals surface area contributed by atoms with Crippen molar-refractivity contribution in [3.8, 4) is 0 Å². The highest BCUT2D eigenvalue weighted by Crippen LogP contribution is 2.26. The molecule has 0 saturated heterocycles. The average molecular weight is 222 g/mol. The number of carbonyl (C=O) groups excluding carboxylic acids is 2. The van der Waals surface area contributed by atoms with Gasteiger partial charge in [-0.1, -0.05) is 13.8 Å². The smallest absolute Gasteiger partial charge is 0.260 e. The van der Waals surface area contributed by atoms with Crippen molar-refractivity contribution in [3.05, 3.63) is 23.2 Å². The minimum absolute atomic E-state index is 0.302. The van der Waals surface area contributed by atoms with Crippen LogP contribution in [0.3, 0.4) is 0 Å². The lowest BCUT2D eigenvalue weighted by atomic mass is 10.2. The van der Waals surface area contributed by atoms with Crippen LogP contribution in [0.2, 0.25) is 0 Å². The predicted octanol–water partition coefficient (Wildman–Crippen LogP) is 1.70. The lowest BCUT2D eigenvalue weighted by Gasteiger charge is -2.08. The van der Waals surface area contributed by atoms with E-state index in [4.69, 9.17) is 0 Å². The van der Waals surface area contributed by atoms with E-state index >= 15 is 0 Å². The number of amides is 2. The molecule has 0 atom stereocenters. The Kier molecular flexibility index (Phi) is 2.40. The van der Waals surface area contributed by atoms with Crippen molar-refractivity contribution in [2.24, 2.45) is 0 Å². The fourth-order valence-corrected chi connectivity index (χ4v) is 2.23. The van der Waals surface area contributed by atoms with Crippen molar-refractivity contribution >= 4 is 28.3 Å². The third-order valence-corrected chi connectivity index (χ3v) is 2.95. The van der Waals surface area contributed by atoms with E-state index in [1.54, 1.807) is 0 Å².